The van der Waals surface area contributed by atoms with Gasteiger partial charge in [0.1, 0.15) is 11.7 Å². The van der Waals surface area contributed by atoms with Crippen LogP contribution in [0, 0.1) is 11.3 Å². The molecular weight excluding hydrogens is 564 g/mol. The van der Waals surface area contributed by atoms with Gasteiger partial charge in [-0.25, -0.2) is 0 Å². The number of methoxy groups -OCH3 is 1. The third-order valence-corrected chi connectivity index (χ3v) is 8.35. The van der Waals surface area contributed by atoms with Crippen LogP contribution in [-0.2, 0) is 11.4 Å². The first-order valence-corrected chi connectivity index (χ1v) is 13.7. The number of amides is 1. The number of aliphatic imine (C=N–C) groups is 1. The van der Waals surface area contributed by atoms with E-state index in [1.807, 2.05) is 30.3 Å². The van der Waals surface area contributed by atoms with E-state index in [0.717, 1.165) is 23.4 Å². The molecule has 1 amide bonds. The van der Waals surface area contributed by atoms with Gasteiger partial charge in [0.15, 0.2) is 17.3 Å². The molecular formula is C26H24BrClN4O3S. The lowest BCUT2D eigenvalue weighted by molar-refractivity contribution is -0.114. The number of amidine groups is 2. The number of nitrogens with zero attached hydrogens (tertiary/aromatic N) is 3. The Kier molecular flexibility index (Phi) is 7.50. The lowest BCUT2D eigenvalue weighted by Gasteiger charge is -2.20. The predicted molar refractivity (Wildman–Crippen MR) is 148 cm³/mol. The second-order valence-corrected chi connectivity index (χ2v) is 11.0. The number of carbonyl (C=O) groups excluding carboxylic acids is 1. The van der Waals surface area contributed by atoms with Gasteiger partial charge in [-0.15, -0.1) is 0 Å². The molecule has 1 saturated carbocycles. The van der Waals surface area contributed by atoms with Crippen molar-refractivity contribution < 1.29 is 14.3 Å². The van der Waals surface area contributed by atoms with E-state index >= 15 is 0 Å². The predicted octanol–water partition coefficient (Wildman–Crippen LogP) is 6.89. The Balaban J connectivity index is 1.39. The molecule has 2 heterocycles. The summed E-state index contributed by atoms with van der Waals surface area (Å²) in [5, 5.41) is 16.9. The average Bonchev–Trinajstić information content (AvgIpc) is 3.31. The summed E-state index contributed by atoms with van der Waals surface area (Å²) in [6.07, 6.45) is 7.45. The average molecular weight is 588 g/mol. The number of carbonyl (C=O) groups is 1. The molecule has 36 heavy (non-hydrogen) atoms. The summed E-state index contributed by atoms with van der Waals surface area (Å²) in [5.74, 6) is 0.954. The van der Waals surface area contributed by atoms with E-state index in [-0.39, 0.29) is 18.0 Å². The Morgan fingerprint density at radius 3 is 2.78 bits per heavy atom. The second kappa shape index (κ2) is 10.8. The zero-order valence-corrected chi connectivity index (χ0v) is 22.8. The largest absolute Gasteiger partial charge is 0.493 e. The first-order valence-electron chi connectivity index (χ1n) is 11.7. The quantitative estimate of drug-likeness (QED) is 0.372. The molecule has 1 fully saturated rings. The minimum absolute atomic E-state index is 0.0254. The Morgan fingerprint density at radius 2 is 2.03 bits per heavy atom. The van der Waals surface area contributed by atoms with Crippen LogP contribution in [0.5, 0.6) is 11.5 Å². The van der Waals surface area contributed by atoms with Crippen molar-refractivity contribution in [2.24, 2.45) is 16.0 Å². The van der Waals surface area contributed by atoms with Gasteiger partial charge in [0.2, 0.25) is 5.17 Å². The Labute approximate surface area is 227 Å². The van der Waals surface area contributed by atoms with Crippen molar-refractivity contribution in [3.05, 3.63) is 62.6 Å². The number of halogens is 2. The summed E-state index contributed by atoms with van der Waals surface area (Å²) >= 11 is 11.2. The highest BCUT2D eigenvalue weighted by molar-refractivity contribution is 9.10. The van der Waals surface area contributed by atoms with E-state index in [0.29, 0.717) is 37.6 Å². The van der Waals surface area contributed by atoms with Gasteiger partial charge >= 0.3 is 0 Å². The normalized spacial score (nSPS) is 19.3. The molecule has 1 aliphatic carbocycles. The van der Waals surface area contributed by atoms with Crippen molar-refractivity contribution in [2.45, 2.75) is 38.7 Å². The monoisotopic (exact) mass is 586 g/mol. The van der Waals surface area contributed by atoms with E-state index in [1.54, 1.807) is 19.3 Å². The molecule has 0 bridgehead atoms. The molecule has 2 aromatic rings. The molecule has 1 N–H and O–H groups in total. The fourth-order valence-electron chi connectivity index (χ4n) is 4.42. The van der Waals surface area contributed by atoms with E-state index in [4.69, 9.17) is 26.5 Å². The number of nitrogens with one attached hydrogen (secondary N) is 1. The molecule has 5 rings (SSSR count). The van der Waals surface area contributed by atoms with Crippen molar-refractivity contribution >= 4 is 67.3 Å². The van der Waals surface area contributed by atoms with Crippen LogP contribution in [-0.4, -0.2) is 34.1 Å². The smallest absolute Gasteiger partial charge is 0.283 e. The van der Waals surface area contributed by atoms with E-state index in [2.05, 4.69) is 26.0 Å². The van der Waals surface area contributed by atoms with Gasteiger partial charge in [-0.1, -0.05) is 49.1 Å². The highest BCUT2D eigenvalue weighted by Gasteiger charge is 2.38. The van der Waals surface area contributed by atoms with E-state index in [9.17, 15) is 4.79 Å². The Morgan fingerprint density at radius 1 is 1.25 bits per heavy atom. The first kappa shape index (κ1) is 25.0. The lowest BCUT2D eigenvalue weighted by Crippen LogP contribution is -2.35. The summed E-state index contributed by atoms with van der Waals surface area (Å²) in [5.41, 5.74) is 1.69. The Bertz CT molecular complexity index is 1320. The summed E-state index contributed by atoms with van der Waals surface area (Å²) in [4.78, 5) is 17.1. The fraction of sp³-hybridized carbons (Fsp3) is 0.308. The van der Waals surface area contributed by atoms with Crippen LogP contribution >= 0.6 is 39.3 Å². The van der Waals surface area contributed by atoms with Crippen molar-refractivity contribution in [2.75, 3.05) is 7.11 Å². The minimum Gasteiger partial charge on any atom is -0.493 e. The van der Waals surface area contributed by atoms with Crippen molar-refractivity contribution in [3.63, 3.8) is 0 Å². The molecule has 3 aliphatic rings. The number of thioether (sulfide) groups is 1. The maximum atomic E-state index is 12.9. The third-order valence-electron chi connectivity index (χ3n) is 6.32. The van der Waals surface area contributed by atoms with Crippen molar-refractivity contribution in [3.8, 4) is 11.5 Å². The number of hydrogen-bond acceptors (Lipinski definition) is 6. The number of fused-ring (bicyclic) bond motifs is 1. The number of hydrazone groups is 1. The molecule has 0 unspecified atom stereocenters. The minimum atomic E-state index is -0.451. The van der Waals surface area contributed by atoms with Crippen LogP contribution in [0.3, 0.4) is 0 Å². The van der Waals surface area contributed by atoms with Crippen LogP contribution in [0.15, 0.2) is 56.5 Å². The molecule has 2 aromatic carbocycles. The number of rotatable bonds is 6. The van der Waals surface area contributed by atoms with Crippen LogP contribution in [0.1, 0.15) is 43.2 Å². The third kappa shape index (κ3) is 5.10. The molecule has 0 aromatic heterocycles. The van der Waals surface area contributed by atoms with Gasteiger partial charge in [0.05, 0.1) is 17.2 Å². The van der Waals surface area contributed by atoms with Gasteiger partial charge in [-0.2, -0.15) is 15.1 Å². The number of benzene rings is 2. The van der Waals surface area contributed by atoms with Gasteiger partial charge in [0.25, 0.3) is 5.91 Å². The molecule has 10 heteroatoms. The van der Waals surface area contributed by atoms with Gasteiger partial charge in [0, 0.05) is 16.5 Å². The first-order chi connectivity index (χ1) is 17.4. The fourth-order valence-corrected chi connectivity index (χ4v) is 6.24. The van der Waals surface area contributed by atoms with Crippen LogP contribution in [0.25, 0.3) is 6.08 Å². The molecule has 2 aliphatic heterocycles. The molecule has 0 spiro atoms. The Hall–Kier alpha value is -2.62. The SMILES string of the molecule is COc1cc(C=C2C(=N)N3N=C(C4CCCCC4)SC3=NC2=O)cc(Br)c1OCc1ccccc1Cl. The molecule has 0 radical (unpaired) electrons. The van der Waals surface area contributed by atoms with E-state index in [1.165, 1.54) is 36.0 Å². The summed E-state index contributed by atoms with van der Waals surface area (Å²) < 4.78 is 12.2. The lowest BCUT2D eigenvalue weighted by atomic mass is 9.90. The van der Waals surface area contributed by atoms with Gasteiger partial charge < -0.3 is 9.47 Å². The van der Waals surface area contributed by atoms with Gasteiger partial charge in [-0.05, 0) is 70.4 Å². The van der Waals surface area contributed by atoms with Gasteiger partial charge in [-0.3, -0.25) is 10.2 Å². The number of ether oxygens (including phenoxy) is 2. The zero-order chi connectivity index (χ0) is 25.2. The molecule has 186 valence electrons. The second-order valence-electron chi connectivity index (χ2n) is 8.71. The highest BCUT2D eigenvalue weighted by atomic mass is 79.9. The maximum Gasteiger partial charge on any atom is 0.283 e. The summed E-state index contributed by atoms with van der Waals surface area (Å²) in [6.45, 7) is 0.268. The molecule has 0 atom stereocenters. The zero-order valence-electron chi connectivity index (χ0n) is 19.6. The van der Waals surface area contributed by atoms with E-state index < -0.39 is 5.91 Å². The topological polar surface area (TPSA) is 87.3 Å². The van der Waals surface area contributed by atoms with Crippen LogP contribution in [0.4, 0.5) is 0 Å². The standard InChI is InChI=1S/C26H24BrClN4O3S/c1-34-21-13-15(12-19(27)22(21)35-14-17-9-5-6-10-20(17)28)11-18-23(29)32-26(30-24(18)33)36-25(31-32)16-7-3-2-4-8-16/h5-6,9-13,16,29H,2-4,7-8,14H2,1H3. The van der Waals surface area contributed by atoms with Crippen molar-refractivity contribution in [1.29, 1.82) is 5.41 Å². The highest BCUT2D eigenvalue weighted by Crippen LogP contribution is 2.39. The van der Waals surface area contributed by atoms with Crippen LogP contribution in [0.2, 0.25) is 5.02 Å². The molecule has 0 saturated heterocycles. The van der Waals surface area contributed by atoms with Crippen LogP contribution < -0.4 is 9.47 Å². The summed E-state index contributed by atoms with van der Waals surface area (Å²) in [6, 6.07) is 11.0. The summed E-state index contributed by atoms with van der Waals surface area (Å²) in [7, 11) is 1.55. The number of hydrogen-bond donors (Lipinski definition) is 1. The molecule has 7 nitrogen and oxygen atoms in total. The maximum absolute atomic E-state index is 12.9. The van der Waals surface area contributed by atoms with Crippen molar-refractivity contribution in [1.82, 2.24) is 5.01 Å².